The van der Waals surface area contributed by atoms with E-state index in [1.165, 1.54) is 12.1 Å². The van der Waals surface area contributed by atoms with Crippen LogP contribution in [0.1, 0.15) is 16.6 Å². The summed E-state index contributed by atoms with van der Waals surface area (Å²) in [5, 5.41) is 19.0. The van der Waals surface area contributed by atoms with Gasteiger partial charge in [-0.2, -0.15) is 0 Å². The summed E-state index contributed by atoms with van der Waals surface area (Å²) >= 11 is 0. The van der Waals surface area contributed by atoms with Crippen LogP contribution in [0.3, 0.4) is 0 Å². The molecule has 0 unspecified atom stereocenters. The highest BCUT2D eigenvalue weighted by Gasteiger charge is 2.08. The number of methoxy groups -OCH3 is 1. The van der Waals surface area contributed by atoms with Crippen LogP contribution in [0, 0.1) is 0 Å². The Morgan fingerprint density at radius 2 is 2.29 bits per heavy atom. The Kier molecular flexibility index (Phi) is 3.04. The number of ether oxygens (including phenoxy) is 2. The average Bonchev–Trinajstić information content (AvgIpc) is 2.31. The lowest BCUT2D eigenvalue weighted by atomic mass is 10.1. The van der Waals surface area contributed by atoms with Crippen molar-refractivity contribution in [3.63, 3.8) is 0 Å². The number of benzene rings is 1. The lowest BCUT2D eigenvalue weighted by Gasteiger charge is -2.06. The number of hydrogen-bond acceptors (Lipinski definition) is 5. The van der Waals surface area contributed by atoms with Gasteiger partial charge >= 0.3 is 5.97 Å². The van der Waals surface area contributed by atoms with E-state index in [9.17, 15) is 15.0 Å². The van der Waals surface area contributed by atoms with Crippen LogP contribution in [-0.2, 0) is 9.53 Å². The van der Waals surface area contributed by atoms with Gasteiger partial charge in [0.05, 0.1) is 17.8 Å². The Morgan fingerprint density at radius 1 is 1.53 bits per heavy atom. The van der Waals surface area contributed by atoms with E-state index in [-0.39, 0.29) is 12.2 Å². The van der Waals surface area contributed by atoms with Crippen LogP contribution in [0.4, 0.5) is 0 Å². The number of carbonyl (C=O) groups excluding carboxylic acids is 1. The van der Waals surface area contributed by atoms with Crippen LogP contribution in [0.2, 0.25) is 0 Å². The van der Waals surface area contributed by atoms with Crippen LogP contribution in [-0.4, -0.2) is 29.8 Å². The summed E-state index contributed by atoms with van der Waals surface area (Å²) in [5.74, 6) is -2.24. The quantitative estimate of drug-likeness (QED) is 0.476. The number of esters is 1. The van der Waals surface area contributed by atoms with E-state index in [1.54, 1.807) is 6.92 Å². The number of aromatic hydroxyl groups is 2. The van der Waals surface area contributed by atoms with Crippen molar-refractivity contribution in [3.05, 3.63) is 23.8 Å². The Hall–Kier alpha value is -2.17. The van der Waals surface area contributed by atoms with Gasteiger partial charge in [-0.3, -0.25) is 0 Å². The molecular weight excluding hydrogens is 224 g/mol. The molecule has 0 radical (unpaired) electrons. The fraction of sp³-hybridized carbons (Fsp3) is 0.250. The highest BCUT2D eigenvalue weighted by Crippen LogP contribution is 2.36. The van der Waals surface area contributed by atoms with Gasteiger partial charge in [-0.1, -0.05) is 0 Å². The molecule has 5 heteroatoms. The molecule has 1 rings (SSSR count). The first-order valence-electron chi connectivity index (χ1n) is 6.32. The van der Waals surface area contributed by atoms with Crippen LogP contribution in [0.25, 0.3) is 6.08 Å². The summed E-state index contributed by atoms with van der Waals surface area (Å²) in [6.45, 7) is 1.87. The third-order valence-corrected chi connectivity index (χ3v) is 1.89. The van der Waals surface area contributed by atoms with Crippen molar-refractivity contribution in [3.8, 4) is 17.2 Å². The van der Waals surface area contributed by atoms with E-state index < -0.39 is 30.3 Å². The largest absolute Gasteiger partial charge is 0.504 e. The Morgan fingerprint density at radius 3 is 2.94 bits per heavy atom. The van der Waals surface area contributed by atoms with Gasteiger partial charge in [-0.15, -0.1) is 0 Å². The molecule has 0 aliphatic heterocycles. The SMILES string of the molecule is [2H]C([2H])([2H])Oc1cc(/C=C/C(=O)OCC)cc(O)c1O. The van der Waals surface area contributed by atoms with E-state index in [4.69, 9.17) is 4.11 Å². The zero-order valence-corrected chi connectivity index (χ0v) is 9.14. The second kappa shape index (κ2) is 5.79. The fourth-order valence-electron chi connectivity index (χ4n) is 1.14. The molecular formula is C12H14O5. The van der Waals surface area contributed by atoms with E-state index in [2.05, 4.69) is 9.47 Å². The summed E-state index contributed by atoms with van der Waals surface area (Å²) in [6.07, 6.45) is 2.40. The molecule has 0 saturated heterocycles. The smallest absolute Gasteiger partial charge is 0.330 e. The number of hydrogen-bond donors (Lipinski definition) is 2. The third-order valence-electron chi connectivity index (χ3n) is 1.89. The minimum atomic E-state index is -2.77. The molecule has 0 aliphatic rings. The maximum absolute atomic E-state index is 11.1. The second-order valence-electron chi connectivity index (χ2n) is 3.07. The molecule has 0 bridgehead atoms. The van der Waals surface area contributed by atoms with Crippen molar-refractivity contribution in [1.29, 1.82) is 0 Å². The summed E-state index contributed by atoms with van der Waals surface area (Å²) in [4.78, 5) is 11.1. The first-order chi connectivity index (χ1) is 9.23. The summed E-state index contributed by atoms with van der Waals surface area (Å²) in [6, 6.07) is 2.33. The average molecular weight is 241 g/mol. The third kappa shape index (κ3) is 3.41. The van der Waals surface area contributed by atoms with E-state index in [0.29, 0.717) is 0 Å². The van der Waals surface area contributed by atoms with Gasteiger partial charge in [0.25, 0.3) is 0 Å². The molecule has 1 aromatic rings. The van der Waals surface area contributed by atoms with Crippen LogP contribution < -0.4 is 4.74 Å². The minimum Gasteiger partial charge on any atom is -0.504 e. The molecule has 5 nitrogen and oxygen atoms in total. The molecule has 0 heterocycles. The normalized spacial score (nSPS) is 13.8. The van der Waals surface area contributed by atoms with Gasteiger partial charge in [-0.25, -0.2) is 4.79 Å². The van der Waals surface area contributed by atoms with Crippen molar-refractivity contribution in [2.24, 2.45) is 0 Å². The molecule has 2 N–H and O–H groups in total. The Bertz CT molecular complexity index is 523. The maximum atomic E-state index is 11.1. The standard InChI is InChI=1S/C12H14O5/c1-3-17-11(14)5-4-8-6-9(13)12(15)10(7-8)16-2/h4-7,13,15H,3H2,1-2H3/b5-4+/i2D3. The van der Waals surface area contributed by atoms with Crippen LogP contribution >= 0.6 is 0 Å². The monoisotopic (exact) mass is 241 g/mol. The van der Waals surface area contributed by atoms with Crippen molar-refractivity contribution in [1.82, 2.24) is 0 Å². The number of carbonyl (C=O) groups is 1. The fourth-order valence-corrected chi connectivity index (χ4v) is 1.14. The Balaban J connectivity index is 3.02. The van der Waals surface area contributed by atoms with Crippen molar-refractivity contribution >= 4 is 12.0 Å². The minimum absolute atomic E-state index is 0.220. The number of phenols is 2. The molecule has 0 spiro atoms. The van der Waals surface area contributed by atoms with Gasteiger partial charge in [0.1, 0.15) is 0 Å². The lowest BCUT2D eigenvalue weighted by Crippen LogP contribution is -1.98. The van der Waals surface area contributed by atoms with E-state index >= 15 is 0 Å². The molecule has 0 aromatic heterocycles. The van der Waals surface area contributed by atoms with E-state index in [1.807, 2.05) is 0 Å². The second-order valence-corrected chi connectivity index (χ2v) is 3.07. The molecule has 1 aromatic carbocycles. The van der Waals surface area contributed by atoms with Crippen molar-refractivity contribution < 1.29 is 28.6 Å². The molecule has 0 atom stereocenters. The number of rotatable bonds is 4. The van der Waals surface area contributed by atoms with Gasteiger partial charge in [-0.05, 0) is 30.7 Å². The van der Waals surface area contributed by atoms with Crippen LogP contribution in [0.15, 0.2) is 18.2 Å². The lowest BCUT2D eigenvalue weighted by molar-refractivity contribution is -0.137. The molecule has 0 saturated carbocycles. The molecule has 92 valence electrons. The predicted molar refractivity (Wildman–Crippen MR) is 62.0 cm³/mol. The van der Waals surface area contributed by atoms with Crippen molar-refractivity contribution in [2.75, 3.05) is 13.6 Å². The van der Waals surface area contributed by atoms with Gasteiger partial charge in [0, 0.05) is 6.08 Å². The maximum Gasteiger partial charge on any atom is 0.330 e. The first kappa shape index (κ1) is 8.92. The zero-order valence-electron chi connectivity index (χ0n) is 12.1. The van der Waals surface area contributed by atoms with E-state index in [0.717, 1.165) is 12.1 Å². The molecule has 0 fully saturated rings. The summed E-state index contributed by atoms with van der Waals surface area (Å²) < 4.78 is 30.1. The highest BCUT2D eigenvalue weighted by molar-refractivity contribution is 5.87. The zero-order chi connectivity index (χ0) is 15.3. The summed E-state index contributed by atoms with van der Waals surface area (Å²) in [5.41, 5.74) is 0.271. The Labute approximate surface area is 103 Å². The topological polar surface area (TPSA) is 76.0 Å². The predicted octanol–water partition coefficient (Wildman–Crippen LogP) is 1.68. The molecule has 0 amide bonds. The van der Waals surface area contributed by atoms with Crippen LogP contribution in [0.5, 0.6) is 17.2 Å². The highest BCUT2D eigenvalue weighted by atomic mass is 16.5. The van der Waals surface area contributed by atoms with Crippen molar-refractivity contribution in [2.45, 2.75) is 6.92 Å². The summed E-state index contributed by atoms with van der Waals surface area (Å²) in [7, 11) is -2.77. The first-order valence-corrected chi connectivity index (χ1v) is 4.82. The number of phenolic OH excluding ortho intramolecular Hbond substituents is 2. The molecule has 0 aliphatic carbocycles. The van der Waals surface area contributed by atoms with Gasteiger partial charge < -0.3 is 19.7 Å². The van der Waals surface area contributed by atoms with Gasteiger partial charge in [0.15, 0.2) is 11.5 Å². The van der Waals surface area contributed by atoms with Gasteiger partial charge in [0.2, 0.25) is 5.75 Å². The molecule has 17 heavy (non-hydrogen) atoms.